The van der Waals surface area contributed by atoms with Crippen molar-refractivity contribution in [2.75, 3.05) is 46.2 Å². The molecule has 0 aliphatic heterocycles. The van der Waals surface area contributed by atoms with E-state index in [0.29, 0.717) is 18.1 Å². The van der Waals surface area contributed by atoms with Crippen LogP contribution in [0.15, 0.2) is 78.9 Å². The maximum Gasteiger partial charge on any atom is 0.335 e. The molecular formula is C37H46O9. The van der Waals surface area contributed by atoms with Gasteiger partial charge in [0.05, 0.1) is 31.3 Å². The van der Waals surface area contributed by atoms with Crippen molar-refractivity contribution in [3.8, 4) is 39.5 Å². The standard InChI is InChI=1S/C37H46O9/c1-4-5-6-7-8-19-44-35-24-31(29-9-14-32(15-10-29)42-20-22-45-36(40)27(2)25-38)13-18-34(35)30-11-16-33(17-12-30)43-21-23-46-37(41)28(3)26-39/h9-18,24,28,38-39H,2,4-8,19-23,25-26H2,1,3H3. The van der Waals surface area contributed by atoms with Crippen molar-refractivity contribution in [3.05, 3.63) is 78.9 Å². The lowest BCUT2D eigenvalue weighted by Crippen LogP contribution is -2.20. The van der Waals surface area contributed by atoms with Crippen LogP contribution in [0.4, 0.5) is 0 Å². The fourth-order valence-electron chi connectivity index (χ4n) is 4.40. The first-order valence-corrected chi connectivity index (χ1v) is 15.8. The van der Waals surface area contributed by atoms with E-state index >= 15 is 0 Å². The molecule has 3 rings (SSSR count). The van der Waals surface area contributed by atoms with Crippen molar-refractivity contribution in [1.29, 1.82) is 0 Å². The Labute approximate surface area is 271 Å². The summed E-state index contributed by atoms with van der Waals surface area (Å²) >= 11 is 0. The Bertz CT molecular complexity index is 1370. The van der Waals surface area contributed by atoms with Crippen molar-refractivity contribution in [3.63, 3.8) is 0 Å². The molecule has 9 heteroatoms. The molecule has 0 aliphatic rings. The number of hydrogen-bond donors (Lipinski definition) is 2. The van der Waals surface area contributed by atoms with Gasteiger partial charge in [0.15, 0.2) is 0 Å². The zero-order valence-electron chi connectivity index (χ0n) is 26.9. The minimum Gasteiger partial charge on any atom is -0.493 e. The van der Waals surface area contributed by atoms with E-state index in [9.17, 15) is 9.59 Å². The van der Waals surface area contributed by atoms with Gasteiger partial charge in [-0.2, -0.15) is 0 Å². The lowest BCUT2D eigenvalue weighted by atomic mass is 9.99. The van der Waals surface area contributed by atoms with Crippen molar-refractivity contribution in [2.45, 2.75) is 46.0 Å². The summed E-state index contributed by atoms with van der Waals surface area (Å²) in [4.78, 5) is 23.3. The lowest BCUT2D eigenvalue weighted by Gasteiger charge is -2.15. The van der Waals surface area contributed by atoms with Crippen LogP contribution in [0.25, 0.3) is 22.3 Å². The minimum atomic E-state index is -0.641. The Balaban J connectivity index is 1.65. The van der Waals surface area contributed by atoms with Gasteiger partial charge in [-0.3, -0.25) is 4.79 Å². The number of carbonyl (C=O) groups excluding carboxylic acids is 2. The number of aliphatic hydroxyl groups excluding tert-OH is 2. The second-order valence-corrected chi connectivity index (χ2v) is 10.9. The molecule has 0 aliphatic carbocycles. The predicted octanol–water partition coefficient (Wildman–Crippen LogP) is 6.39. The van der Waals surface area contributed by atoms with E-state index in [1.54, 1.807) is 6.92 Å². The second-order valence-electron chi connectivity index (χ2n) is 10.9. The summed E-state index contributed by atoms with van der Waals surface area (Å²) in [5.41, 5.74) is 3.94. The predicted molar refractivity (Wildman–Crippen MR) is 177 cm³/mol. The molecule has 0 amide bonds. The number of unbranched alkanes of at least 4 members (excludes halogenated alkanes) is 4. The summed E-state index contributed by atoms with van der Waals surface area (Å²) < 4.78 is 27.9. The number of rotatable bonds is 21. The molecule has 1 unspecified atom stereocenters. The van der Waals surface area contributed by atoms with Crippen LogP contribution in [-0.2, 0) is 19.1 Å². The van der Waals surface area contributed by atoms with Crippen LogP contribution < -0.4 is 14.2 Å². The van der Waals surface area contributed by atoms with Crippen LogP contribution in [0.3, 0.4) is 0 Å². The molecule has 0 aromatic heterocycles. The molecule has 0 saturated carbocycles. The maximum atomic E-state index is 11.7. The largest absolute Gasteiger partial charge is 0.493 e. The van der Waals surface area contributed by atoms with Crippen molar-refractivity contribution < 1.29 is 43.5 Å². The van der Waals surface area contributed by atoms with Gasteiger partial charge in [-0.15, -0.1) is 0 Å². The highest BCUT2D eigenvalue weighted by Crippen LogP contribution is 2.36. The van der Waals surface area contributed by atoms with Gasteiger partial charge in [0, 0.05) is 5.56 Å². The van der Waals surface area contributed by atoms with Crippen LogP contribution in [0, 0.1) is 5.92 Å². The van der Waals surface area contributed by atoms with Gasteiger partial charge in [0.25, 0.3) is 0 Å². The highest BCUT2D eigenvalue weighted by atomic mass is 16.6. The van der Waals surface area contributed by atoms with Gasteiger partial charge in [0.1, 0.15) is 43.7 Å². The molecule has 1 atom stereocenters. The van der Waals surface area contributed by atoms with E-state index in [4.69, 9.17) is 33.9 Å². The zero-order chi connectivity index (χ0) is 33.1. The number of hydrogen-bond acceptors (Lipinski definition) is 9. The molecule has 248 valence electrons. The summed E-state index contributed by atoms with van der Waals surface area (Å²) in [5.74, 6) is 0.439. The van der Waals surface area contributed by atoms with Crippen LogP contribution in [0.1, 0.15) is 46.0 Å². The molecule has 0 radical (unpaired) electrons. The molecule has 0 fully saturated rings. The monoisotopic (exact) mass is 634 g/mol. The van der Waals surface area contributed by atoms with Crippen molar-refractivity contribution >= 4 is 11.9 Å². The first-order valence-electron chi connectivity index (χ1n) is 15.8. The van der Waals surface area contributed by atoms with Crippen LogP contribution >= 0.6 is 0 Å². The molecule has 0 spiro atoms. The van der Waals surface area contributed by atoms with Crippen LogP contribution in [0.2, 0.25) is 0 Å². The Morgan fingerprint density at radius 3 is 1.89 bits per heavy atom. The highest BCUT2D eigenvalue weighted by Gasteiger charge is 2.13. The molecule has 0 bridgehead atoms. The maximum absolute atomic E-state index is 11.7. The third-order valence-corrected chi connectivity index (χ3v) is 7.18. The normalized spacial score (nSPS) is 11.4. The van der Waals surface area contributed by atoms with Crippen molar-refractivity contribution in [1.82, 2.24) is 0 Å². The first kappa shape index (κ1) is 36.1. The average molecular weight is 635 g/mol. The van der Waals surface area contributed by atoms with E-state index in [1.807, 2.05) is 48.5 Å². The summed E-state index contributed by atoms with van der Waals surface area (Å²) in [6.07, 6.45) is 5.72. The van der Waals surface area contributed by atoms with Crippen LogP contribution in [0.5, 0.6) is 17.2 Å². The number of aliphatic hydroxyl groups is 2. The summed E-state index contributed by atoms with van der Waals surface area (Å²) in [7, 11) is 0. The van der Waals surface area contributed by atoms with E-state index in [1.165, 1.54) is 19.3 Å². The Hall–Kier alpha value is -4.34. The number of benzene rings is 3. The molecule has 3 aromatic rings. The molecule has 3 aromatic carbocycles. The number of esters is 2. The van der Waals surface area contributed by atoms with Gasteiger partial charge in [0.2, 0.25) is 0 Å². The Kier molecular flexibility index (Phi) is 15.6. The Morgan fingerprint density at radius 1 is 0.696 bits per heavy atom. The zero-order valence-corrected chi connectivity index (χ0v) is 26.9. The molecule has 9 nitrogen and oxygen atoms in total. The van der Waals surface area contributed by atoms with E-state index < -0.39 is 24.5 Å². The third kappa shape index (κ3) is 11.9. The van der Waals surface area contributed by atoms with Gasteiger partial charge in [-0.05, 0) is 60.4 Å². The SMILES string of the molecule is C=C(CO)C(=O)OCCOc1ccc(-c2ccc(-c3ccc(OCCOC(=O)C(C)CO)cc3)c(OCCCCCCC)c2)cc1. The fraction of sp³-hybridized carbons (Fsp3) is 0.405. The van der Waals surface area contributed by atoms with E-state index in [-0.39, 0.29) is 38.6 Å². The van der Waals surface area contributed by atoms with Crippen LogP contribution in [-0.4, -0.2) is 68.4 Å². The first-order chi connectivity index (χ1) is 22.4. The van der Waals surface area contributed by atoms with Gasteiger partial charge < -0.3 is 33.9 Å². The quantitative estimate of drug-likeness (QED) is 0.0780. The summed E-state index contributed by atoms with van der Waals surface area (Å²) in [5, 5.41) is 18.0. The minimum absolute atomic E-state index is 0.00304. The molecule has 0 saturated heterocycles. The van der Waals surface area contributed by atoms with Gasteiger partial charge in [-0.1, -0.05) is 75.6 Å². The third-order valence-electron chi connectivity index (χ3n) is 7.18. The smallest absolute Gasteiger partial charge is 0.335 e. The second kappa shape index (κ2) is 19.9. The fourth-order valence-corrected chi connectivity index (χ4v) is 4.40. The number of ether oxygens (including phenoxy) is 5. The van der Waals surface area contributed by atoms with Gasteiger partial charge >= 0.3 is 11.9 Å². The average Bonchev–Trinajstić information content (AvgIpc) is 3.09. The summed E-state index contributed by atoms with van der Waals surface area (Å²) in [6.45, 7) is 7.72. The highest BCUT2D eigenvalue weighted by molar-refractivity contribution is 5.87. The van der Waals surface area contributed by atoms with E-state index in [0.717, 1.165) is 40.8 Å². The lowest BCUT2D eigenvalue weighted by molar-refractivity contribution is -0.150. The summed E-state index contributed by atoms with van der Waals surface area (Å²) in [6, 6.07) is 21.5. The Morgan fingerprint density at radius 2 is 1.28 bits per heavy atom. The molecule has 2 N–H and O–H groups in total. The topological polar surface area (TPSA) is 121 Å². The van der Waals surface area contributed by atoms with Gasteiger partial charge in [-0.25, -0.2) is 4.79 Å². The van der Waals surface area contributed by atoms with Crippen molar-refractivity contribution in [2.24, 2.45) is 5.92 Å². The molecule has 46 heavy (non-hydrogen) atoms. The molecule has 0 heterocycles. The molecular weight excluding hydrogens is 588 g/mol. The number of carbonyl (C=O) groups is 2. The van der Waals surface area contributed by atoms with E-state index in [2.05, 4.69) is 31.7 Å².